The van der Waals surface area contributed by atoms with E-state index in [1.165, 1.54) is 0 Å². The second-order valence-electron chi connectivity index (χ2n) is 5.04. The van der Waals surface area contributed by atoms with Crippen molar-refractivity contribution in [2.24, 2.45) is 0 Å². The van der Waals surface area contributed by atoms with E-state index in [2.05, 4.69) is 0 Å². The van der Waals surface area contributed by atoms with E-state index in [1.54, 1.807) is 0 Å². The number of nitrogen functional groups attached to an aromatic ring is 1. The van der Waals surface area contributed by atoms with Crippen LogP contribution in [0.2, 0.25) is 0 Å². The van der Waals surface area contributed by atoms with Crippen LogP contribution < -0.4 is 16.6 Å². The van der Waals surface area contributed by atoms with Gasteiger partial charge in [0.15, 0.2) is 0 Å². The highest BCUT2D eigenvalue weighted by Crippen LogP contribution is 2.27. The van der Waals surface area contributed by atoms with Crippen LogP contribution in [0.25, 0.3) is 5.69 Å². The van der Waals surface area contributed by atoms with Crippen molar-refractivity contribution in [2.45, 2.75) is 0 Å². The zero-order valence-corrected chi connectivity index (χ0v) is 12.2. The maximum Gasteiger partial charge on any atom is 0.337 e. The number of carbonyl (C=O) groups is 3. The van der Waals surface area contributed by atoms with Gasteiger partial charge in [0.2, 0.25) is 0 Å². The lowest BCUT2D eigenvalue weighted by Gasteiger charge is -2.13. The standard InChI is InChI=1S/C14H8N4O7/c15-11-10-7(12(20)16-13(10)21)4-9(19)17(11)8-3-5(18(24)25)1-2-6(8)14(22)23/h1-4H,15H2,(H,22,23)(H,16,20,21). The molecule has 0 aliphatic carbocycles. The highest BCUT2D eigenvalue weighted by molar-refractivity contribution is 6.23. The summed E-state index contributed by atoms with van der Waals surface area (Å²) in [6.07, 6.45) is 0. The Bertz CT molecular complexity index is 1050. The lowest BCUT2D eigenvalue weighted by molar-refractivity contribution is -0.384. The zero-order chi connectivity index (χ0) is 18.5. The number of non-ortho nitro benzene ring substituents is 1. The molecule has 2 heterocycles. The molecule has 126 valence electrons. The minimum absolute atomic E-state index is 0.244. The number of nitrogens with zero attached hydrogens (tertiary/aromatic N) is 2. The Labute approximate surface area is 137 Å². The first-order chi connectivity index (χ1) is 11.7. The van der Waals surface area contributed by atoms with Gasteiger partial charge in [0, 0.05) is 18.2 Å². The van der Waals surface area contributed by atoms with Gasteiger partial charge in [-0.2, -0.15) is 0 Å². The van der Waals surface area contributed by atoms with E-state index in [1.807, 2.05) is 5.32 Å². The first kappa shape index (κ1) is 15.9. The Kier molecular flexibility index (Phi) is 3.34. The maximum atomic E-state index is 12.3. The molecular formula is C14H8N4O7. The van der Waals surface area contributed by atoms with Gasteiger partial charge in [-0.3, -0.25) is 34.4 Å². The number of pyridine rings is 1. The van der Waals surface area contributed by atoms with E-state index >= 15 is 0 Å². The number of anilines is 1. The fraction of sp³-hybridized carbons (Fsp3) is 0. The number of nitrogens with two attached hydrogens (primary N) is 1. The summed E-state index contributed by atoms with van der Waals surface area (Å²) >= 11 is 0. The van der Waals surface area contributed by atoms with E-state index in [0.29, 0.717) is 4.57 Å². The van der Waals surface area contributed by atoms with Crippen LogP contribution in [0.3, 0.4) is 0 Å². The number of carboxylic acids is 1. The number of carbonyl (C=O) groups excluding carboxylic acids is 2. The Hall–Kier alpha value is -4.02. The first-order valence-corrected chi connectivity index (χ1v) is 6.65. The molecule has 0 spiro atoms. The van der Waals surface area contributed by atoms with E-state index in [4.69, 9.17) is 5.73 Å². The summed E-state index contributed by atoms with van der Waals surface area (Å²) in [4.78, 5) is 57.4. The molecule has 25 heavy (non-hydrogen) atoms. The van der Waals surface area contributed by atoms with Crippen molar-refractivity contribution < 1.29 is 24.4 Å². The first-order valence-electron chi connectivity index (χ1n) is 6.65. The average molecular weight is 344 g/mol. The molecule has 1 aromatic heterocycles. The number of fused-ring (bicyclic) bond motifs is 1. The van der Waals surface area contributed by atoms with Gasteiger partial charge in [-0.05, 0) is 6.07 Å². The summed E-state index contributed by atoms with van der Waals surface area (Å²) < 4.78 is 0.646. The number of rotatable bonds is 3. The molecule has 0 unspecified atom stereocenters. The molecule has 0 fully saturated rings. The van der Waals surface area contributed by atoms with E-state index in [-0.39, 0.29) is 16.8 Å². The molecule has 2 amide bonds. The van der Waals surface area contributed by atoms with Gasteiger partial charge in [-0.15, -0.1) is 0 Å². The van der Waals surface area contributed by atoms with E-state index in [0.717, 1.165) is 24.3 Å². The van der Waals surface area contributed by atoms with Crippen molar-refractivity contribution in [3.05, 3.63) is 61.4 Å². The third-order valence-corrected chi connectivity index (χ3v) is 3.62. The minimum Gasteiger partial charge on any atom is -0.478 e. The minimum atomic E-state index is -1.46. The summed E-state index contributed by atoms with van der Waals surface area (Å²) in [5.41, 5.74) is 3.04. The Morgan fingerprint density at radius 3 is 2.48 bits per heavy atom. The summed E-state index contributed by atoms with van der Waals surface area (Å²) in [5.74, 6) is -3.62. The molecule has 11 heteroatoms. The van der Waals surface area contributed by atoms with E-state index < -0.39 is 45.3 Å². The molecule has 2 aromatic rings. The third-order valence-electron chi connectivity index (χ3n) is 3.62. The van der Waals surface area contributed by atoms with Crippen molar-refractivity contribution in [2.75, 3.05) is 5.73 Å². The molecule has 1 aliphatic heterocycles. The molecule has 0 saturated carbocycles. The van der Waals surface area contributed by atoms with Gasteiger partial charge in [-0.1, -0.05) is 0 Å². The fourth-order valence-corrected chi connectivity index (χ4v) is 2.53. The van der Waals surface area contributed by atoms with Gasteiger partial charge < -0.3 is 10.8 Å². The molecule has 0 bridgehead atoms. The predicted octanol–water partition coefficient (Wildman–Crippen LogP) is -0.0903. The molecule has 0 saturated heterocycles. The van der Waals surface area contributed by atoms with Crippen LogP contribution in [0.5, 0.6) is 0 Å². The molecule has 0 radical (unpaired) electrons. The summed E-state index contributed by atoms with van der Waals surface area (Å²) in [7, 11) is 0. The van der Waals surface area contributed by atoms with Gasteiger partial charge in [0.25, 0.3) is 23.1 Å². The second kappa shape index (κ2) is 5.26. The monoisotopic (exact) mass is 344 g/mol. The third kappa shape index (κ3) is 2.30. The van der Waals surface area contributed by atoms with Crippen molar-refractivity contribution in [3.63, 3.8) is 0 Å². The number of nitro groups is 1. The topological polar surface area (TPSA) is 175 Å². The van der Waals surface area contributed by atoms with Crippen LogP contribution >= 0.6 is 0 Å². The zero-order valence-electron chi connectivity index (χ0n) is 12.2. The van der Waals surface area contributed by atoms with Crippen molar-refractivity contribution in [3.8, 4) is 5.69 Å². The highest BCUT2D eigenvalue weighted by atomic mass is 16.6. The van der Waals surface area contributed by atoms with Crippen LogP contribution in [0, 0.1) is 10.1 Å². The van der Waals surface area contributed by atoms with Gasteiger partial charge >= 0.3 is 5.97 Å². The number of carboxylic acid groups (broad SMARTS) is 1. The van der Waals surface area contributed by atoms with Crippen LogP contribution in [-0.2, 0) is 0 Å². The number of aromatic carboxylic acids is 1. The van der Waals surface area contributed by atoms with E-state index in [9.17, 15) is 34.4 Å². The largest absolute Gasteiger partial charge is 0.478 e. The number of nitro benzene ring substituents is 1. The van der Waals surface area contributed by atoms with Crippen molar-refractivity contribution in [1.29, 1.82) is 0 Å². The highest BCUT2D eigenvalue weighted by Gasteiger charge is 2.32. The summed E-state index contributed by atoms with van der Waals surface area (Å²) in [5, 5.41) is 22.2. The molecule has 4 N–H and O–H groups in total. The summed E-state index contributed by atoms with van der Waals surface area (Å²) in [6, 6.07) is 3.57. The van der Waals surface area contributed by atoms with Gasteiger partial charge in [0.05, 0.1) is 27.3 Å². The number of imide groups is 1. The molecule has 11 nitrogen and oxygen atoms in total. The fourth-order valence-electron chi connectivity index (χ4n) is 2.53. The second-order valence-corrected chi connectivity index (χ2v) is 5.04. The quantitative estimate of drug-likeness (QED) is 0.393. The lowest BCUT2D eigenvalue weighted by Crippen LogP contribution is -2.25. The SMILES string of the molecule is Nc1c2c(cc(=O)n1-c1cc([N+](=O)[O-])ccc1C(=O)O)C(=O)NC2=O. The Balaban J connectivity index is 2.40. The number of hydrogen-bond acceptors (Lipinski definition) is 7. The van der Waals surface area contributed by atoms with Crippen LogP contribution in [0.1, 0.15) is 31.1 Å². The van der Waals surface area contributed by atoms with Crippen LogP contribution in [0.15, 0.2) is 29.1 Å². The van der Waals surface area contributed by atoms with Crippen molar-refractivity contribution >= 4 is 29.3 Å². The molecule has 1 aromatic carbocycles. The molecule has 1 aliphatic rings. The molecule has 3 rings (SSSR count). The summed E-state index contributed by atoms with van der Waals surface area (Å²) in [6.45, 7) is 0. The van der Waals surface area contributed by atoms with Crippen molar-refractivity contribution in [1.82, 2.24) is 9.88 Å². The smallest absolute Gasteiger partial charge is 0.337 e. The number of nitrogens with one attached hydrogen (secondary N) is 1. The maximum absolute atomic E-state index is 12.3. The number of aromatic nitrogens is 1. The molecular weight excluding hydrogens is 336 g/mol. The van der Waals surface area contributed by atoms with Gasteiger partial charge in [-0.25, -0.2) is 4.79 Å². The Morgan fingerprint density at radius 2 is 1.88 bits per heavy atom. The normalized spacial score (nSPS) is 12.6. The number of amides is 2. The van der Waals surface area contributed by atoms with Gasteiger partial charge in [0.1, 0.15) is 5.82 Å². The van der Waals surface area contributed by atoms with Crippen LogP contribution in [-0.4, -0.2) is 32.4 Å². The Morgan fingerprint density at radius 1 is 1.20 bits per heavy atom. The predicted molar refractivity (Wildman–Crippen MR) is 81.9 cm³/mol. The van der Waals surface area contributed by atoms with Crippen LogP contribution in [0.4, 0.5) is 11.5 Å². The average Bonchev–Trinajstić information content (AvgIpc) is 2.81. The number of benzene rings is 1. The molecule has 0 atom stereocenters. The number of hydrogen-bond donors (Lipinski definition) is 3. The lowest BCUT2D eigenvalue weighted by atomic mass is 10.1.